The SMILES string of the molecule is O=C(O)C1CC1c1nc2cc(F)cc(Cl)c2o1. The number of benzene rings is 1. The molecule has 88 valence electrons. The largest absolute Gasteiger partial charge is 0.481 e. The molecule has 0 radical (unpaired) electrons. The van der Waals surface area contributed by atoms with E-state index in [4.69, 9.17) is 21.1 Å². The number of aromatic nitrogens is 1. The average molecular weight is 256 g/mol. The van der Waals surface area contributed by atoms with Crippen molar-refractivity contribution in [3.63, 3.8) is 0 Å². The highest BCUT2D eigenvalue weighted by Crippen LogP contribution is 2.48. The molecule has 0 saturated heterocycles. The first-order chi connectivity index (χ1) is 8.06. The third kappa shape index (κ3) is 1.67. The number of hydrogen-bond donors (Lipinski definition) is 1. The highest BCUT2D eigenvalue weighted by atomic mass is 35.5. The predicted molar refractivity (Wildman–Crippen MR) is 57.5 cm³/mol. The molecule has 2 atom stereocenters. The van der Waals surface area contributed by atoms with Gasteiger partial charge in [0.05, 0.1) is 10.9 Å². The van der Waals surface area contributed by atoms with E-state index in [-0.39, 0.29) is 10.9 Å². The minimum absolute atomic E-state index is 0.145. The van der Waals surface area contributed by atoms with Gasteiger partial charge in [0.1, 0.15) is 11.3 Å². The van der Waals surface area contributed by atoms with Crippen molar-refractivity contribution in [1.82, 2.24) is 4.98 Å². The highest BCUT2D eigenvalue weighted by Gasteiger charge is 2.47. The number of rotatable bonds is 2. The molecule has 1 aliphatic rings. The van der Waals surface area contributed by atoms with Crippen molar-refractivity contribution in [3.05, 3.63) is 28.9 Å². The third-order valence-corrected chi connectivity index (χ3v) is 3.13. The van der Waals surface area contributed by atoms with Gasteiger partial charge in [-0.15, -0.1) is 0 Å². The Morgan fingerprint density at radius 3 is 3.00 bits per heavy atom. The fourth-order valence-electron chi connectivity index (χ4n) is 1.88. The molecule has 0 bridgehead atoms. The van der Waals surface area contributed by atoms with Crippen LogP contribution in [0.25, 0.3) is 11.1 Å². The van der Waals surface area contributed by atoms with Crippen molar-refractivity contribution in [1.29, 1.82) is 0 Å². The maximum Gasteiger partial charge on any atom is 0.307 e. The minimum atomic E-state index is -0.866. The van der Waals surface area contributed by atoms with Gasteiger partial charge in [-0.1, -0.05) is 11.6 Å². The molecule has 0 aliphatic heterocycles. The van der Waals surface area contributed by atoms with E-state index in [2.05, 4.69) is 4.98 Å². The molecular weight excluding hydrogens is 249 g/mol. The van der Waals surface area contributed by atoms with Crippen LogP contribution in [0.2, 0.25) is 5.02 Å². The van der Waals surface area contributed by atoms with E-state index < -0.39 is 17.7 Å². The summed E-state index contributed by atoms with van der Waals surface area (Å²) in [6.07, 6.45) is 0.502. The Bertz CT molecular complexity index is 624. The Morgan fingerprint density at radius 2 is 2.35 bits per heavy atom. The van der Waals surface area contributed by atoms with Crippen molar-refractivity contribution in [2.45, 2.75) is 12.3 Å². The first-order valence-electron chi connectivity index (χ1n) is 5.04. The molecule has 1 aromatic carbocycles. The van der Waals surface area contributed by atoms with Crippen LogP contribution in [0.4, 0.5) is 4.39 Å². The number of hydrogen-bond acceptors (Lipinski definition) is 3. The molecule has 6 heteroatoms. The van der Waals surface area contributed by atoms with Gasteiger partial charge in [-0.3, -0.25) is 4.79 Å². The second-order valence-corrected chi connectivity index (χ2v) is 4.48. The first-order valence-corrected chi connectivity index (χ1v) is 5.42. The van der Waals surface area contributed by atoms with Crippen LogP contribution >= 0.6 is 11.6 Å². The number of aliphatic carboxylic acids is 1. The molecule has 17 heavy (non-hydrogen) atoms. The summed E-state index contributed by atoms with van der Waals surface area (Å²) >= 11 is 5.81. The summed E-state index contributed by atoms with van der Waals surface area (Å²) in [5.74, 6) is -1.71. The molecule has 1 aromatic heterocycles. The quantitative estimate of drug-likeness (QED) is 0.896. The van der Waals surface area contributed by atoms with Crippen LogP contribution in [0.3, 0.4) is 0 Å². The summed E-state index contributed by atoms with van der Waals surface area (Å²) in [6.45, 7) is 0. The lowest BCUT2D eigenvalue weighted by Gasteiger charge is -1.91. The van der Waals surface area contributed by atoms with Gasteiger partial charge < -0.3 is 9.52 Å². The predicted octanol–water partition coefficient (Wildman–Crippen LogP) is 2.81. The number of carboxylic acids is 1. The lowest BCUT2D eigenvalue weighted by molar-refractivity contribution is -0.138. The molecule has 4 nitrogen and oxygen atoms in total. The number of halogens is 2. The molecule has 1 aliphatic carbocycles. The zero-order valence-electron chi connectivity index (χ0n) is 8.48. The van der Waals surface area contributed by atoms with E-state index in [9.17, 15) is 9.18 Å². The van der Waals surface area contributed by atoms with Crippen LogP contribution < -0.4 is 0 Å². The second-order valence-electron chi connectivity index (χ2n) is 4.07. The van der Waals surface area contributed by atoms with Crippen molar-refractivity contribution < 1.29 is 18.7 Å². The molecule has 0 spiro atoms. The highest BCUT2D eigenvalue weighted by molar-refractivity contribution is 6.34. The van der Waals surface area contributed by atoms with Crippen molar-refractivity contribution in [2.24, 2.45) is 5.92 Å². The maximum absolute atomic E-state index is 13.1. The van der Waals surface area contributed by atoms with Crippen LogP contribution in [-0.2, 0) is 4.79 Å². The van der Waals surface area contributed by atoms with E-state index >= 15 is 0 Å². The summed E-state index contributed by atoms with van der Waals surface area (Å²) in [5, 5.41) is 8.95. The lowest BCUT2D eigenvalue weighted by atomic mass is 10.3. The lowest BCUT2D eigenvalue weighted by Crippen LogP contribution is -1.98. The van der Waals surface area contributed by atoms with E-state index in [1.807, 2.05) is 0 Å². The molecule has 1 saturated carbocycles. The van der Waals surface area contributed by atoms with Gasteiger partial charge in [0.15, 0.2) is 11.5 Å². The Hall–Kier alpha value is -1.62. The number of carbonyl (C=O) groups is 1. The van der Waals surface area contributed by atoms with Crippen LogP contribution in [-0.4, -0.2) is 16.1 Å². The van der Waals surface area contributed by atoms with Gasteiger partial charge in [-0.05, 0) is 12.5 Å². The smallest absolute Gasteiger partial charge is 0.307 e. The molecule has 1 fully saturated rings. The summed E-state index contributed by atoms with van der Waals surface area (Å²) in [5.41, 5.74) is 0.625. The Labute approximate surface area is 100 Å². The van der Waals surface area contributed by atoms with E-state index in [0.29, 0.717) is 23.4 Å². The summed E-state index contributed by atoms with van der Waals surface area (Å²) in [4.78, 5) is 14.8. The standard InChI is InChI=1S/C11H7ClFNO3/c12-7-1-4(13)2-8-9(7)17-10(14-8)5-3-6(5)11(15)16/h1-2,5-6H,3H2,(H,15,16). The Kier molecular flexibility index (Phi) is 2.13. The van der Waals surface area contributed by atoms with Gasteiger partial charge in [0.2, 0.25) is 0 Å². The second kappa shape index (κ2) is 3.43. The van der Waals surface area contributed by atoms with Crippen molar-refractivity contribution >= 4 is 28.7 Å². The van der Waals surface area contributed by atoms with E-state index in [0.717, 1.165) is 6.07 Å². The molecule has 2 aromatic rings. The van der Waals surface area contributed by atoms with Crippen molar-refractivity contribution in [3.8, 4) is 0 Å². The number of carboxylic acid groups (broad SMARTS) is 1. The first kappa shape index (κ1) is 10.5. The fraction of sp³-hybridized carbons (Fsp3) is 0.273. The minimum Gasteiger partial charge on any atom is -0.481 e. The molecular formula is C11H7ClFNO3. The molecule has 1 heterocycles. The third-order valence-electron chi connectivity index (χ3n) is 2.85. The van der Waals surface area contributed by atoms with Crippen molar-refractivity contribution in [2.75, 3.05) is 0 Å². The number of fused-ring (bicyclic) bond motifs is 1. The zero-order valence-corrected chi connectivity index (χ0v) is 9.24. The van der Waals surface area contributed by atoms with Crippen LogP contribution in [0, 0.1) is 11.7 Å². The van der Waals surface area contributed by atoms with Crippen LogP contribution in [0.15, 0.2) is 16.5 Å². The monoisotopic (exact) mass is 255 g/mol. The summed E-state index contributed by atoms with van der Waals surface area (Å²) in [6, 6.07) is 2.35. The zero-order chi connectivity index (χ0) is 12.2. The Morgan fingerprint density at radius 1 is 1.59 bits per heavy atom. The normalized spacial score (nSPS) is 22.9. The molecule has 0 amide bonds. The van der Waals surface area contributed by atoms with Gasteiger partial charge in [0, 0.05) is 12.0 Å². The van der Waals surface area contributed by atoms with E-state index in [1.54, 1.807) is 0 Å². The number of oxazole rings is 1. The molecule has 1 N–H and O–H groups in total. The summed E-state index contributed by atoms with van der Waals surface area (Å²) < 4.78 is 18.5. The fourth-order valence-corrected chi connectivity index (χ4v) is 2.12. The Balaban J connectivity index is 2.03. The molecule has 2 unspecified atom stereocenters. The van der Waals surface area contributed by atoms with Gasteiger partial charge in [-0.2, -0.15) is 0 Å². The van der Waals surface area contributed by atoms with Gasteiger partial charge >= 0.3 is 5.97 Å². The van der Waals surface area contributed by atoms with Gasteiger partial charge in [0.25, 0.3) is 0 Å². The van der Waals surface area contributed by atoms with Gasteiger partial charge in [-0.25, -0.2) is 9.37 Å². The van der Waals surface area contributed by atoms with Crippen LogP contribution in [0.1, 0.15) is 18.2 Å². The average Bonchev–Trinajstić information content (AvgIpc) is 2.93. The van der Waals surface area contributed by atoms with Crippen LogP contribution in [0.5, 0.6) is 0 Å². The maximum atomic E-state index is 13.1. The topological polar surface area (TPSA) is 63.3 Å². The van der Waals surface area contributed by atoms with E-state index in [1.165, 1.54) is 6.07 Å². The number of nitrogens with zero attached hydrogens (tertiary/aromatic N) is 1. The summed E-state index contributed by atoms with van der Waals surface area (Å²) in [7, 11) is 0. The molecule has 3 rings (SSSR count).